The molecule has 6 nitrogen and oxygen atoms in total. The minimum atomic E-state index is -1.21. The van der Waals surface area contributed by atoms with Gasteiger partial charge in [0.15, 0.2) is 0 Å². The Balaban J connectivity index is 2.78. The first-order valence-electron chi connectivity index (χ1n) is 6.73. The number of rotatable bonds is 7. The number of carbonyl (C=O) groups excluding carboxylic acids is 1. The van der Waals surface area contributed by atoms with E-state index in [1.807, 2.05) is 20.8 Å². The average Bonchev–Trinajstić information content (AvgIpc) is 2.87. The molecular formula is C12H22N4O2S. The molecule has 1 unspecified atom stereocenters. The maximum atomic E-state index is 12.2. The highest BCUT2D eigenvalue weighted by molar-refractivity contribution is 7.84. The number of aromatic nitrogens is 3. The van der Waals surface area contributed by atoms with Crippen LogP contribution in [0.3, 0.4) is 0 Å². The minimum Gasteiger partial charge on any atom is -0.323 e. The molecule has 19 heavy (non-hydrogen) atoms. The summed E-state index contributed by atoms with van der Waals surface area (Å²) < 4.78 is 12.9. The summed E-state index contributed by atoms with van der Waals surface area (Å²) in [6.07, 6.45) is 3.94. The molecule has 0 saturated heterocycles. The van der Waals surface area contributed by atoms with Crippen molar-refractivity contribution < 1.29 is 9.00 Å². The Labute approximate surface area is 116 Å². The molecule has 1 amide bonds. The largest absolute Gasteiger partial charge is 0.346 e. The van der Waals surface area contributed by atoms with Gasteiger partial charge in [0, 0.05) is 18.8 Å². The van der Waals surface area contributed by atoms with Crippen LogP contribution in [0.4, 0.5) is 4.79 Å². The van der Waals surface area contributed by atoms with E-state index in [4.69, 9.17) is 0 Å². The van der Waals surface area contributed by atoms with Crippen LogP contribution in [0.2, 0.25) is 0 Å². The van der Waals surface area contributed by atoms with Gasteiger partial charge in [-0.2, -0.15) is 4.68 Å². The lowest BCUT2D eigenvalue weighted by Gasteiger charge is -2.20. The van der Waals surface area contributed by atoms with Crippen LogP contribution in [0.25, 0.3) is 0 Å². The number of hydrogen-bond acceptors (Lipinski definition) is 4. The molecule has 0 aliphatic heterocycles. The lowest BCUT2D eigenvalue weighted by atomic mass is 10.4. The fourth-order valence-corrected chi connectivity index (χ4v) is 2.61. The van der Waals surface area contributed by atoms with Crippen molar-refractivity contribution in [2.75, 3.05) is 18.8 Å². The fourth-order valence-electron chi connectivity index (χ4n) is 1.71. The topological polar surface area (TPSA) is 68.1 Å². The molecule has 0 aliphatic rings. The first-order valence-corrected chi connectivity index (χ1v) is 8.05. The van der Waals surface area contributed by atoms with Crippen molar-refractivity contribution >= 4 is 16.8 Å². The van der Waals surface area contributed by atoms with Crippen molar-refractivity contribution in [3.8, 4) is 0 Å². The number of hydrogen-bond donors (Lipinski definition) is 0. The molecule has 1 rings (SSSR count). The van der Waals surface area contributed by atoms with Crippen LogP contribution in [-0.4, -0.2) is 48.7 Å². The van der Waals surface area contributed by atoms with Gasteiger partial charge < -0.3 is 4.90 Å². The van der Waals surface area contributed by atoms with Crippen LogP contribution in [0.15, 0.2) is 11.5 Å². The summed E-state index contributed by atoms with van der Waals surface area (Å²) >= 11 is 0. The molecule has 0 aliphatic carbocycles. The van der Waals surface area contributed by atoms with E-state index in [1.54, 1.807) is 4.90 Å². The third-order valence-corrected chi connectivity index (χ3v) is 3.89. The fraction of sp³-hybridized carbons (Fsp3) is 0.750. The van der Waals surface area contributed by atoms with Gasteiger partial charge in [-0.1, -0.05) is 20.8 Å². The van der Waals surface area contributed by atoms with E-state index in [0.717, 1.165) is 19.3 Å². The molecule has 0 N–H and O–H groups in total. The van der Waals surface area contributed by atoms with Crippen LogP contribution in [-0.2, 0) is 10.8 Å². The van der Waals surface area contributed by atoms with Gasteiger partial charge in [-0.3, -0.25) is 4.21 Å². The van der Waals surface area contributed by atoms with Gasteiger partial charge in [-0.05, 0) is 19.3 Å². The second-order valence-corrected chi connectivity index (χ2v) is 5.76. The van der Waals surface area contributed by atoms with Gasteiger partial charge in [-0.15, -0.1) is 5.10 Å². The molecule has 1 aromatic heterocycles. The van der Waals surface area contributed by atoms with Crippen LogP contribution in [0, 0.1) is 0 Å². The minimum absolute atomic E-state index is 0.198. The summed E-state index contributed by atoms with van der Waals surface area (Å²) in [4.78, 5) is 17.9. The average molecular weight is 286 g/mol. The first-order chi connectivity index (χ1) is 9.13. The second-order valence-electron chi connectivity index (χ2n) is 4.29. The van der Waals surface area contributed by atoms with Gasteiger partial charge >= 0.3 is 6.03 Å². The molecule has 0 bridgehead atoms. The molecule has 0 spiro atoms. The molecular weight excluding hydrogens is 264 g/mol. The van der Waals surface area contributed by atoms with Crippen LogP contribution >= 0.6 is 0 Å². The zero-order valence-corrected chi connectivity index (χ0v) is 12.7. The van der Waals surface area contributed by atoms with E-state index in [9.17, 15) is 9.00 Å². The predicted molar refractivity (Wildman–Crippen MR) is 74.5 cm³/mol. The molecule has 0 saturated carbocycles. The summed E-state index contributed by atoms with van der Waals surface area (Å²) in [6.45, 7) is 7.39. The lowest BCUT2D eigenvalue weighted by Crippen LogP contribution is -2.36. The summed E-state index contributed by atoms with van der Waals surface area (Å²) in [5.41, 5.74) is 0. The maximum Gasteiger partial charge on any atom is 0.346 e. The highest BCUT2D eigenvalue weighted by atomic mass is 32.2. The van der Waals surface area contributed by atoms with Crippen molar-refractivity contribution in [3.63, 3.8) is 0 Å². The van der Waals surface area contributed by atoms with E-state index in [1.165, 1.54) is 11.0 Å². The number of carbonyl (C=O) groups is 1. The Kier molecular flexibility index (Phi) is 6.69. The van der Waals surface area contributed by atoms with Crippen LogP contribution in [0.5, 0.6) is 0 Å². The van der Waals surface area contributed by atoms with Crippen molar-refractivity contribution in [1.82, 2.24) is 19.7 Å². The van der Waals surface area contributed by atoms with Crippen LogP contribution < -0.4 is 0 Å². The predicted octanol–water partition coefficient (Wildman–Crippen LogP) is 1.89. The van der Waals surface area contributed by atoms with Gasteiger partial charge in [0.1, 0.15) is 6.33 Å². The van der Waals surface area contributed by atoms with E-state index in [0.29, 0.717) is 18.8 Å². The van der Waals surface area contributed by atoms with Gasteiger partial charge in [-0.25, -0.2) is 9.78 Å². The third kappa shape index (κ3) is 4.41. The molecule has 1 atom stereocenters. The summed E-state index contributed by atoms with van der Waals surface area (Å²) in [5.74, 6) is 0.520. The molecule has 0 radical (unpaired) electrons. The van der Waals surface area contributed by atoms with Crippen molar-refractivity contribution in [2.45, 2.75) is 45.2 Å². The standard InChI is InChI=1S/C12H22N4O2S/c1-4-7-15(8-5-2)12(17)16-10-13-11(14-16)19(18)9-6-3/h10H,4-9H2,1-3H3. The van der Waals surface area contributed by atoms with E-state index < -0.39 is 10.8 Å². The SMILES string of the molecule is CCCN(CCC)C(=O)n1cnc(S(=O)CCC)n1. The van der Waals surface area contributed by atoms with Gasteiger partial charge in [0.25, 0.3) is 0 Å². The monoisotopic (exact) mass is 286 g/mol. The van der Waals surface area contributed by atoms with Gasteiger partial charge in [0.05, 0.1) is 10.8 Å². The zero-order valence-electron chi connectivity index (χ0n) is 11.8. The number of nitrogens with zero attached hydrogens (tertiary/aromatic N) is 4. The maximum absolute atomic E-state index is 12.2. The van der Waals surface area contributed by atoms with Crippen molar-refractivity contribution in [1.29, 1.82) is 0 Å². The Morgan fingerprint density at radius 3 is 2.42 bits per heavy atom. The van der Waals surface area contributed by atoms with E-state index in [-0.39, 0.29) is 11.2 Å². The summed E-state index contributed by atoms with van der Waals surface area (Å²) in [6, 6.07) is -0.198. The smallest absolute Gasteiger partial charge is 0.323 e. The Hall–Kier alpha value is -1.24. The Bertz CT molecular complexity index is 427. The first kappa shape index (κ1) is 15.8. The van der Waals surface area contributed by atoms with Gasteiger partial charge in [0.2, 0.25) is 5.16 Å². The van der Waals surface area contributed by atoms with Crippen molar-refractivity contribution in [3.05, 3.63) is 6.33 Å². The van der Waals surface area contributed by atoms with Crippen LogP contribution in [0.1, 0.15) is 40.0 Å². The van der Waals surface area contributed by atoms with E-state index >= 15 is 0 Å². The van der Waals surface area contributed by atoms with Crippen molar-refractivity contribution in [2.24, 2.45) is 0 Å². The normalized spacial score (nSPS) is 12.4. The molecule has 1 aromatic rings. The van der Waals surface area contributed by atoms with E-state index in [2.05, 4.69) is 10.1 Å². The molecule has 7 heteroatoms. The highest BCUT2D eigenvalue weighted by Gasteiger charge is 2.17. The quantitative estimate of drug-likeness (QED) is 0.767. The summed E-state index contributed by atoms with van der Waals surface area (Å²) in [7, 11) is -1.21. The molecule has 0 fully saturated rings. The molecule has 108 valence electrons. The highest BCUT2D eigenvalue weighted by Crippen LogP contribution is 2.03. The third-order valence-electron chi connectivity index (χ3n) is 2.52. The molecule has 0 aromatic carbocycles. The Morgan fingerprint density at radius 2 is 1.89 bits per heavy atom. The lowest BCUT2D eigenvalue weighted by molar-refractivity contribution is 0.196. The summed E-state index contributed by atoms with van der Waals surface area (Å²) in [5, 5.41) is 4.27. The molecule has 1 heterocycles. The second kappa shape index (κ2) is 8.04. The number of amides is 1. The Morgan fingerprint density at radius 1 is 1.26 bits per heavy atom. The zero-order chi connectivity index (χ0) is 14.3.